The molecule has 5 heteroatoms. The molecule has 0 radical (unpaired) electrons. The van der Waals surface area contributed by atoms with Gasteiger partial charge in [-0.2, -0.15) is 0 Å². The smallest absolute Gasteiger partial charge is 0.231 e. The third-order valence-electron chi connectivity index (χ3n) is 2.85. The Morgan fingerprint density at radius 3 is 2.84 bits per heavy atom. The molecule has 5 nitrogen and oxygen atoms in total. The summed E-state index contributed by atoms with van der Waals surface area (Å²) in [6.45, 7) is 0.216. The Morgan fingerprint density at radius 2 is 2.00 bits per heavy atom. The Bertz CT molecular complexity index is 641. The normalized spacial score (nSPS) is 12.4. The second-order valence-electron chi connectivity index (χ2n) is 4.06. The van der Waals surface area contributed by atoms with Gasteiger partial charge >= 0.3 is 0 Å². The standard InChI is InChI=1S/C14H10O5/c15-4-3-11(16)13-6-10(7-17-13)9-1-2-12-14(5-9)19-8-18-12/h1-2,4-7H,3,8H2. The summed E-state index contributed by atoms with van der Waals surface area (Å²) in [5, 5.41) is 0. The Hall–Kier alpha value is -2.56. The largest absolute Gasteiger partial charge is 0.461 e. The Balaban J connectivity index is 1.90. The van der Waals surface area contributed by atoms with Gasteiger partial charge in [0.05, 0.1) is 12.7 Å². The molecule has 0 unspecified atom stereocenters. The highest BCUT2D eigenvalue weighted by Gasteiger charge is 2.16. The molecule has 1 aromatic carbocycles. The van der Waals surface area contributed by atoms with Crippen molar-refractivity contribution < 1.29 is 23.5 Å². The van der Waals surface area contributed by atoms with Crippen molar-refractivity contribution in [2.24, 2.45) is 0 Å². The quantitative estimate of drug-likeness (QED) is 0.478. The molecule has 0 saturated carbocycles. The van der Waals surface area contributed by atoms with Crippen molar-refractivity contribution in [3.05, 3.63) is 36.3 Å². The van der Waals surface area contributed by atoms with E-state index in [-0.39, 0.29) is 24.8 Å². The van der Waals surface area contributed by atoms with Crippen LogP contribution in [-0.4, -0.2) is 18.9 Å². The van der Waals surface area contributed by atoms with Gasteiger partial charge in [-0.15, -0.1) is 0 Å². The SMILES string of the molecule is O=CCC(=O)c1cc(-c2ccc3c(c2)OCO3)co1. The summed E-state index contributed by atoms with van der Waals surface area (Å²) in [5.41, 5.74) is 1.62. The lowest BCUT2D eigenvalue weighted by atomic mass is 10.1. The van der Waals surface area contributed by atoms with Gasteiger partial charge in [0.2, 0.25) is 12.6 Å². The molecule has 0 atom stereocenters. The maximum absolute atomic E-state index is 11.5. The summed E-state index contributed by atoms with van der Waals surface area (Å²) in [6, 6.07) is 7.09. The summed E-state index contributed by atoms with van der Waals surface area (Å²) in [5.74, 6) is 1.21. The van der Waals surface area contributed by atoms with Crippen LogP contribution in [0.25, 0.3) is 11.1 Å². The van der Waals surface area contributed by atoms with E-state index < -0.39 is 0 Å². The van der Waals surface area contributed by atoms with E-state index in [0.717, 1.165) is 11.1 Å². The Morgan fingerprint density at radius 1 is 1.16 bits per heavy atom. The minimum atomic E-state index is -0.331. The zero-order valence-electron chi connectivity index (χ0n) is 9.92. The van der Waals surface area contributed by atoms with Crippen LogP contribution in [0.15, 0.2) is 34.9 Å². The third-order valence-corrected chi connectivity index (χ3v) is 2.85. The number of benzene rings is 1. The van der Waals surface area contributed by atoms with E-state index in [1.165, 1.54) is 6.26 Å². The van der Waals surface area contributed by atoms with Crippen molar-refractivity contribution in [1.82, 2.24) is 0 Å². The first-order valence-corrected chi connectivity index (χ1v) is 5.73. The minimum absolute atomic E-state index is 0.173. The molecular weight excluding hydrogens is 248 g/mol. The van der Waals surface area contributed by atoms with Crippen molar-refractivity contribution in [2.45, 2.75) is 6.42 Å². The number of furan rings is 1. The third kappa shape index (κ3) is 2.10. The van der Waals surface area contributed by atoms with Crippen LogP contribution in [0.2, 0.25) is 0 Å². The fraction of sp³-hybridized carbons (Fsp3) is 0.143. The second-order valence-corrected chi connectivity index (χ2v) is 4.06. The molecule has 0 N–H and O–H groups in total. The number of hydrogen-bond donors (Lipinski definition) is 0. The van der Waals surface area contributed by atoms with E-state index in [1.807, 2.05) is 12.1 Å². The summed E-state index contributed by atoms with van der Waals surface area (Å²) >= 11 is 0. The van der Waals surface area contributed by atoms with Gasteiger partial charge in [-0.1, -0.05) is 6.07 Å². The number of ether oxygens (including phenoxy) is 2. The fourth-order valence-electron chi connectivity index (χ4n) is 1.89. The molecule has 0 bridgehead atoms. The van der Waals surface area contributed by atoms with Gasteiger partial charge in [0.15, 0.2) is 17.3 Å². The number of fused-ring (bicyclic) bond motifs is 1. The maximum atomic E-state index is 11.5. The number of Topliss-reactive ketones (excluding diaryl/α,β-unsaturated/α-hetero) is 1. The molecule has 2 aromatic rings. The van der Waals surface area contributed by atoms with Crippen molar-refractivity contribution in [3.8, 4) is 22.6 Å². The minimum Gasteiger partial charge on any atom is -0.461 e. The molecule has 2 heterocycles. The average molecular weight is 258 g/mol. The van der Waals surface area contributed by atoms with Crippen LogP contribution < -0.4 is 9.47 Å². The molecule has 1 aromatic heterocycles. The van der Waals surface area contributed by atoms with Crippen LogP contribution in [0.4, 0.5) is 0 Å². The molecule has 0 fully saturated rings. The van der Waals surface area contributed by atoms with Crippen LogP contribution in [0, 0.1) is 0 Å². The van der Waals surface area contributed by atoms with E-state index in [2.05, 4.69) is 0 Å². The monoisotopic (exact) mass is 258 g/mol. The van der Waals surface area contributed by atoms with Crippen molar-refractivity contribution in [3.63, 3.8) is 0 Å². The molecule has 96 valence electrons. The zero-order chi connectivity index (χ0) is 13.2. The predicted octanol–water partition coefficient (Wildman–Crippen LogP) is 2.45. The molecule has 0 amide bonds. The number of hydrogen-bond acceptors (Lipinski definition) is 5. The lowest BCUT2D eigenvalue weighted by molar-refractivity contribution is -0.107. The lowest BCUT2D eigenvalue weighted by Gasteiger charge is -1.99. The molecule has 3 rings (SSSR count). The average Bonchev–Trinajstić information content (AvgIpc) is 3.07. The van der Waals surface area contributed by atoms with Crippen LogP contribution in [-0.2, 0) is 4.79 Å². The van der Waals surface area contributed by atoms with Crippen molar-refractivity contribution >= 4 is 12.1 Å². The van der Waals surface area contributed by atoms with E-state index >= 15 is 0 Å². The van der Waals surface area contributed by atoms with Crippen LogP contribution in [0.5, 0.6) is 11.5 Å². The summed E-state index contributed by atoms with van der Waals surface area (Å²) in [6.07, 6.45) is 1.87. The highest BCUT2D eigenvalue weighted by atomic mass is 16.7. The van der Waals surface area contributed by atoms with E-state index in [4.69, 9.17) is 13.9 Å². The van der Waals surface area contributed by atoms with Crippen molar-refractivity contribution in [2.75, 3.05) is 6.79 Å². The first kappa shape index (κ1) is 11.5. The van der Waals surface area contributed by atoms with Crippen LogP contribution >= 0.6 is 0 Å². The lowest BCUT2D eigenvalue weighted by Crippen LogP contribution is -1.96. The predicted molar refractivity (Wildman–Crippen MR) is 65.3 cm³/mol. The maximum Gasteiger partial charge on any atom is 0.231 e. The Kier molecular flexibility index (Phi) is 2.79. The fourth-order valence-corrected chi connectivity index (χ4v) is 1.89. The van der Waals surface area contributed by atoms with Gasteiger partial charge in [-0.05, 0) is 23.8 Å². The number of ketones is 1. The molecule has 19 heavy (non-hydrogen) atoms. The van der Waals surface area contributed by atoms with Gasteiger partial charge in [0, 0.05) is 5.56 Å². The highest BCUT2D eigenvalue weighted by molar-refractivity contribution is 6.01. The second kappa shape index (κ2) is 4.61. The summed E-state index contributed by atoms with van der Waals surface area (Å²) < 4.78 is 15.7. The first-order valence-electron chi connectivity index (χ1n) is 5.73. The number of rotatable bonds is 4. The van der Waals surface area contributed by atoms with E-state index in [1.54, 1.807) is 12.1 Å². The summed E-state index contributed by atoms with van der Waals surface area (Å²) in [4.78, 5) is 21.8. The van der Waals surface area contributed by atoms with Crippen LogP contribution in [0.3, 0.4) is 0 Å². The van der Waals surface area contributed by atoms with Gasteiger partial charge in [0.1, 0.15) is 6.29 Å². The highest BCUT2D eigenvalue weighted by Crippen LogP contribution is 2.36. The molecular formula is C14H10O5. The molecule has 0 spiro atoms. The molecule has 1 aliphatic rings. The first-order chi connectivity index (χ1) is 9.28. The van der Waals surface area contributed by atoms with Gasteiger partial charge < -0.3 is 18.7 Å². The van der Waals surface area contributed by atoms with Gasteiger partial charge in [-0.3, -0.25) is 4.79 Å². The molecule has 0 aliphatic carbocycles. The number of carbonyl (C=O) groups excluding carboxylic acids is 2. The van der Waals surface area contributed by atoms with Crippen LogP contribution in [0.1, 0.15) is 17.0 Å². The van der Waals surface area contributed by atoms with Crippen molar-refractivity contribution in [1.29, 1.82) is 0 Å². The number of carbonyl (C=O) groups is 2. The van der Waals surface area contributed by atoms with Gasteiger partial charge in [0.25, 0.3) is 0 Å². The van der Waals surface area contributed by atoms with E-state index in [9.17, 15) is 9.59 Å². The Labute approximate surface area is 108 Å². The van der Waals surface area contributed by atoms with E-state index in [0.29, 0.717) is 17.8 Å². The molecule has 1 aliphatic heterocycles. The topological polar surface area (TPSA) is 65.7 Å². The molecule has 0 saturated heterocycles. The van der Waals surface area contributed by atoms with Gasteiger partial charge in [-0.25, -0.2) is 0 Å². The number of aldehydes is 1. The zero-order valence-corrected chi connectivity index (χ0v) is 9.92. The summed E-state index contributed by atoms with van der Waals surface area (Å²) in [7, 11) is 0.